The predicted octanol–water partition coefficient (Wildman–Crippen LogP) is 1.56. The van der Waals surface area contributed by atoms with E-state index in [9.17, 15) is 18.8 Å². The zero-order valence-electron chi connectivity index (χ0n) is 13.3. The summed E-state index contributed by atoms with van der Waals surface area (Å²) in [4.78, 5) is 34.7. The molecule has 130 valence electrons. The lowest BCUT2D eigenvalue weighted by Gasteiger charge is -2.25. The highest BCUT2D eigenvalue weighted by Crippen LogP contribution is 2.28. The van der Waals surface area contributed by atoms with E-state index in [2.05, 4.69) is 10.6 Å². The maximum absolute atomic E-state index is 13.4. The third kappa shape index (κ3) is 4.78. The number of carbonyl (C=O) groups excluding carboxylic acids is 2. The van der Waals surface area contributed by atoms with Crippen LogP contribution in [0.25, 0.3) is 0 Å². The number of halogens is 1. The predicted molar refractivity (Wildman–Crippen MR) is 84.8 cm³/mol. The standard InChI is InChI=1S/C17H21FN2O4/c18-14-4-2-1-3-13(14)16(22)20-10-9-19-15(21)11-5-7-12(8-6-11)17(23)24/h1-4,11-12H,5-10H2,(H,19,21)(H,20,22)(H,23,24). The maximum Gasteiger partial charge on any atom is 0.306 e. The third-order valence-electron chi connectivity index (χ3n) is 4.28. The fourth-order valence-electron chi connectivity index (χ4n) is 2.85. The SMILES string of the molecule is O=C(NCCNC(=O)C1CCC(C(=O)O)CC1)c1ccccc1F. The summed E-state index contributed by atoms with van der Waals surface area (Å²) in [6.07, 6.45) is 2.14. The normalized spacial score (nSPS) is 20.2. The van der Waals surface area contributed by atoms with Gasteiger partial charge in [-0.15, -0.1) is 0 Å². The number of nitrogens with one attached hydrogen (secondary N) is 2. The number of carboxylic acids is 1. The van der Waals surface area contributed by atoms with E-state index in [1.54, 1.807) is 6.07 Å². The number of rotatable bonds is 6. The van der Waals surface area contributed by atoms with Crippen LogP contribution in [0.3, 0.4) is 0 Å². The summed E-state index contributed by atoms with van der Waals surface area (Å²) in [6, 6.07) is 5.69. The molecule has 0 bridgehead atoms. The number of aliphatic carboxylic acids is 1. The van der Waals surface area contributed by atoms with Gasteiger partial charge in [-0.25, -0.2) is 4.39 Å². The Kier molecular flexibility index (Phi) is 6.28. The van der Waals surface area contributed by atoms with E-state index in [1.807, 2.05) is 0 Å². The van der Waals surface area contributed by atoms with Crippen molar-refractivity contribution < 1.29 is 23.9 Å². The Hall–Kier alpha value is -2.44. The van der Waals surface area contributed by atoms with Crippen LogP contribution < -0.4 is 10.6 Å². The Morgan fingerprint density at radius 3 is 2.21 bits per heavy atom. The van der Waals surface area contributed by atoms with Crippen LogP contribution in [0, 0.1) is 17.7 Å². The van der Waals surface area contributed by atoms with Crippen molar-refractivity contribution in [3.8, 4) is 0 Å². The fourth-order valence-corrected chi connectivity index (χ4v) is 2.85. The molecule has 0 radical (unpaired) electrons. The van der Waals surface area contributed by atoms with E-state index in [4.69, 9.17) is 5.11 Å². The summed E-state index contributed by atoms with van der Waals surface area (Å²) in [7, 11) is 0. The van der Waals surface area contributed by atoms with E-state index in [0.717, 1.165) is 0 Å². The summed E-state index contributed by atoms with van der Waals surface area (Å²) >= 11 is 0. The monoisotopic (exact) mass is 336 g/mol. The first-order valence-corrected chi connectivity index (χ1v) is 8.02. The van der Waals surface area contributed by atoms with Gasteiger partial charge in [0.2, 0.25) is 5.91 Å². The molecule has 0 saturated heterocycles. The molecule has 0 aliphatic heterocycles. The van der Waals surface area contributed by atoms with Gasteiger partial charge < -0.3 is 15.7 Å². The largest absolute Gasteiger partial charge is 0.481 e. The maximum atomic E-state index is 13.4. The molecule has 1 aromatic rings. The molecule has 2 rings (SSSR count). The molecule has 1 aliphatic rings. The summed E-state index contributed by atoms with van der Waals surface area (Å²) in [6.45, 7) is 0.446. The molecule has 1 saturated carbocycles. The average Bonchev–Trinajstić information content (AvgIpc) is 2.58. The average molecular weight is 336 g/mol. The quantitative estimate of drug-likeness (QED) is 0.687. The molecule has 1 aliphatic carbocycles. The minimum absolute atomic E-state index is 0.0316. The molecule has 0 aromatic heterocycles. The Morgan fingerprint density at radius 2 is 1.58 bits per heavy atom. The van der Waals surface area contributed by atoms with Crippen molar-refractivity contribution in [2.45, 2.75) is 25.7 Å². The molecule has 1 fully saturated rings. The van der Waals surface area contributed by atoms with Crippen LogP contribution >= 0.6 is 0 Å². The molecule has 24 heavy (non-hydrogen) atoms. The molecule has 3 N–H and O–H groups in total. The second kappa shape index (κ2) is 8.42. The molecular weight excluding hydrogens is 315 g/mol. The molecule has 0 atom stereocenters. The van der Waals surface area contributed by atoms with Crippen LogP contribution in [0.15, 0.2) is 24.3 Å². The number of benzene rings is 1. The molecule has 0 spiro atoms. The molecule has 0 unspecified atom stereocenters. The smallest absolute Gasteiger partial charge is 0.306 e. The van der Waals surface area contributed by atoms with E-state index < -0.39 is 17.7 Å². The molecule has 2 amide bonds. The van der Waals surface area contributed by atoms with Crippen LogP contribution in [0.4, 0.5) is 4.39 Å². The van der Waals surface area contributed by atoms with Gasteiger partial charge >= 0.3 is 5.97 Å². The van der Waals surface area contributed by atoms with Crippen molar-refractivity contribution in [1.82, 2.24) is 10.6 Å². The van der Waals surface area contributed by atoms with Crippen molar-refractivity contribution in [2.24, 2.45) is 11.8 Å². The highest BCUT2D eigenvalue weighted by molar-refractivity contribution is 5.94. The number of amides is 2. The van der Waals surface area contributed by atoms with Gasteiger partial charge in [0.1, 0.15) is 5.82 Å². The minimum Gasteiger partial charge on any atom is -0.481 e. The topological polar surface area (TPSA) is 95.5 Å². The summed E-state index contributed by atoms with van der Waals surface area (Å²) < 4.78 is 13.4. The van der Waals surface area contributed by atoms with Crippen LogP contribution in [0.1, 0.15) is 36.0 Å². The van der Waals surface area contributed by atoms with Crippen LogP contribution in [-0.2, 0) is 9.59 Å². The second-order valence-corrected chi connectivity index (χ2v) is 5.91. The van der Waals surface area contributed by atoms with Crippen molar-refractivity contribution in [3.05, 3.63) is 35.6 Å². The van der Waals surface area contributed by atoms with Crippen molar-refractivity contribution in [1.29, 1.82) is 0 Å². The molecule has 0 heterocycles. The van der Waals surface area contributed by atoms with Gasteiger partial charge in [-0.3, -0.25) is 14.4 Å². The van der Waals surface area contributed by atoms with Gasteiger partial charge in [-0.1, -0.05) is 12.1 Å². The Balaban J connectivity index is 1.67. The summed E-state index contributed by atoms with van der Waals surface area (Å²) in [5, 5.41) is 14.2. The highest BCUT2D eigenvalue weighted by Gasteiger charge is 2.29. The van der Waals surface area contributed by atoms with Crippen LogP contribution in [0.5, 0.6) is 0 Å². The van der Waals surface area contributed by atoms with Crippen LogP contribution in [0.2, 0.25) is 0 Å². The fraction of sp³-hybridized carbons (Fsp3) is 0.471. The minimum atomic E-state index is -0.801. The first kappa shape index (κ1) is 17.9. The van der Waals surface area contributed by atoms with Gasteiger partial charge in [0.05, 0.1) is 11.5 Å². The molecular formula is C17H21FN2O4. The second-order valence-electron chi connectivity index (χ2n) is 5.91. The van der Waals surface area contributed by atoms with Crippen molar-refractivity contribution in [2.75, 3.05) is 13.1 Å². The van der Waals surface area contributed by atoms with Crippen molar-refractivity contribution >= 4 is 17.8 Å². The first-order valence-electron chi connectivity index (χ1n) is 8.02. The third-order valence-corrected chi connectivity index (χ3v) is 4.28. The lowest BCUT2D eigenvalue weighted by molar-refractivity contribution is -0.144. The summed E-state index contributed by atoms with van der Waals surface area (Å²) in [5.74, 6) is -2.57. The lowest BCUT2D eigenvalue weighted by atomic mass is 9.81. The summed E-state index contributed by atoms with van der Waals surface area (Å²) in [5.41, 5.74) is -0.0316. The van der Waals surface area contributed by atoms with Crippen molar-refractivity contribution in [3.63, 3.8) is 0 Å². The molecule has 1 aromatic carbocycles. The Morgan fingerprint density at radius 1 is 1.00 bits per heavy atom. The van der Waals surface area contributed by atoms with E-state index in [1.165, 1.54) is 18.2 Å². The Bertz CT molecular complexity index is 612. The number of hydrogen-bond acceptors (Lipinski definition) is 3. The lowest BCUT2D eigenvalue weighted by Crippen LogP contribution is -2.39. The number of carboxylic acid groups (broad SMARTS) is 1. The van der Waals surface area contributed by atoms with E-state index in [0.29, 0.717) is 25.7 Å². The molecule has 6 nitrogen and oxygen atoms in total. The van der Waals surface area contributed by atoms with Gasteiger partial charge in [0.15, 0.2) is 0 Å². The first-order chi connectivity index (χ1) is 11.5. The van der Waals surface area contributed by atoms with E-state index >= 15 is 0 Å². The Labute approximate surface area is 139 Å². The number of hydrogen-bond donors (Lipinski definition) is 3. The highest BCUT2D eigenvalue weighted by atomic mass is 19.1. The van der Waals surface area contributed by atoms with Gasteiger partial charge in [-0.05, 0) is 37.8 Å². The van der Waals surface area contributed by atoms with Gasteiger partial charge in [0, 0.05) is 19.0 Å². The van der Waals surface area contributed by atoms with E-state index in [-0.39, 0.29) is 36.4 Å². The van der Waals surface area contributed by atoms with Gasteiger partial charge in [-0.2, -0.15) is 0 Å². The zero-order chi connectivity index (χ0) is 17.5. The molecule has 7 heteroatoms. The van der Waals surface area contributed by atoms with Gasteiger partial charge in [0.25, 0.3) is 5.91 Å². The number of carbonyl (C=O) groups is 3. The van der Waals surface area contributed by atoms with Crippen LogP contribution in [-0.4, -0.2) is 36.0 Å². The zero-order valence-corrected chi connectivity index (χ0v) is 13.3.